The van der Waals surface area contributed by atoms with Gasteiger partial charge in [-0.15, -0.1) is 5.10 Å². The van der Waals surface area contributed by atoms with E-state index in [1.807, 2.05) is 6.92 Å². The molecule has 104 valence electrons. The molecule has 1 amide bonds. The Kier molecular flexibility index (Phi) is 4.41. The highest BCUT2D eigenvalue weighted by Gasteiger charge is 2.15. The first kappa shape index (κ1) is 14.1. The molecule has 0 atom stereocenters. The highest BCUT2D eigenvalue weighted by atomic mass is 32.1. The van der Waals surface area contributed by atoms with E-state index in [0.717, 1.165) is 18.0 Å². The van der Waals surface area contributed by atoms with Crippen molar-refractivity contribution in [3.8, 4) is 0 Å². The zero-order chi connectivity index (χ0) is 14.5. The van der Waals surface area contributed by atoms with Gasteiger partial charge in [0.25, 0.3) is 5.91 Å². The fourth-order valence-electron chi connectivity index (χ4n) is 1.67. The van der Waals surface area contributed by atoms with Crippen LogP contribution in [0.1, 0.15) is 39.1 Å². The van der Waals surface area contributed by atoms with Crippen molar-refractivity contribution >= 4 is 29.1 Å². The Morgan fingerprint density at radius 2 is 2.00 bits per heavy atom. The summed E-state index contributed by atoms with van der Waals surface area (Å²) in [6.07, 6.45) is 1.59. The molecular formula is C13H13N3O3S. The maximum absolute atomic E-state index is 12.1. The number of aromatic carboxylic acids is 1. The SMILES string of the molecule is CCCc1nnsc1C(=O)Nc1ccc(C(=O)O)cc1. The number of carboxylic acid groups (broad SMARTS) is 1. The summed E-state index contributed by atoms with van der Waals surface area (Å²) < 4.78 is 3.79. The van der Waals surface area contributed by atoms with E-state index in [4.69, 9.17) is 5.11 Å². The zero-order valence-corrected chi connectivity index (χ0v) is 11.6. The lowest BCUT2D eigenvalue weighted by Gasteiger charge is -2.04. The van der Waals surface area contributed by atoms with Gasteiger partial charge in [-0.2, -0.15) is 0 Å². The van der Waals surface area contributed by atoms with Crippen LogP contribution < -0.4 is 5.32 Å². The van der Waals surface area contributed by atoms with Gasteiger partial charge in [-0.3, -0.25) is 4.79 Å². The van der Waals surface area contributed by atoms with Gasteiger partial charge in [-0.1, -0.05) is 17.8 Å². The molecule has 0 spiro atoms. The average Bonchev–Trinajstić information content (AvgIpc) is 2.88. The van der Waals surface area contributed by atoms with Gasteiger partial charge in [0.1, 0.15) is 4.88 Å². The third-order valence-electron chi connectivity index (χ3n) is 2.64. The number of aromatic nitrogens is 2. The molecule has 0 unspecified atom stereocenters. The van der Waals surface area contributed by atoms with Crippen LogP contribution >= 0.6 is 11.5 Å². The molecule has 7 heteroatoms. The van der Waals surface area contributed by atoms with Crippen LogP contribution in [-0.4, -0.2) is 26.6 Å². The van der Waals surface area contributed by atoms with Crippen LogP contribution in [0.3, 0.4) is 0 Å². The maximum Gasteiger partial charge on any atom is 0.335 e. The van der Waals surface area contributed by atoms with Crippen molar-refractivity contribution in [3.63, 3.8) is 0 Å². The first-order valence-electron chi connectivity index (χ1n) is 6.07. The Hall–Kier alpha value is -2.28. The van der Waals surface area contributed by atoms with Gasteiger partial charge in [0.2, 0.25) is 0 Å². The Bertz CT molecular complexity index is 622. The van der Waals surface area contributed by atoms with Gasteiger partial charge < -0.3 is 10.4 Å². The number of carbonyl (C=O) groups excluding carboxylic acids is 1. The first-order valence-corrected chi connectivity index (χ1v) is 6.85. The number of carboxylic acids is 1. The van der Waals surface area contributed by atoms with Crippen molar-refractivity contribution < 1.29 is 14.7 Å². The third kappa shape index (κ3) is 3.18. The van der Waals surface area contributed by atoms with Crippen molar-refractivity contribution in [3.05, 3.63) is 40.4 Å². The Balaban J connectivity index is 2.11. The summed E-state index contributed by atoms with van der Waals surface area (Å²) in [5, 5.41) is 15.4. The topological polar surface area (TPSA) is 92.2 Å². The summed E-state index contributed by atoms with van der Waals surface area (Å²) in [6, 6.07) is 5.98. The van der Waals surface area contributed by atoms with Gasteiger partial charge in [-0.25, -0.2) is 4.79 Å². The van der Waals surface area contributed by atoms with E-state index < -0.39 is 5.97 Å². The Morgan fingerprint density at radius 1 is 1.30 bits per heavy atom. The lowest BCUT2D eigenvalue weighted by Crippen LogP contribution is -2.12. The molecule has 0 aliphatic carbocycles. The summed E-state index contributed by atoms with van der Waals surface area (Å²) in [5.74, 6) is -1.27. The quantitative estimate of drug-likeness (QED) is 0.882. The summed E-state index contributed by atoms with van der Waals surface area (Å²) in [4.78, 5) is 23.3. The zero-order valence-electron chi connectivity index (χ0n) is 10.8. The van der Waals surface area contributed by atoms with Crippen LogP contribution in [0.15, 0.2) is 24.3 Å². The number of anilines is 1. The number of nitrogens with one attached hydrogen (secondary N) is 1. The van der Waals surface area contributed by atoms with Crippen LogP contribution in [0.2, 0.25) is 0 Å². The van der Waals surface area contributed by atoms with E-state index in [2.05, 4.69) is 14.9 Å². The third-order valence-corrected chi connectivity index (χ3v) is 3.41. The standard InChI is InChI=1S/C13H13N3O3S/c1-2-3-10-11(20-16-15-10)12(17)14-9-6-4-8(5-7-9)13(18)19/h4-7H,2-3H2,1H3,(H,14,17)(H,18,19). The van der Waals surface area contributed by atoms with Gasteiger partial charge in [0.05, 0.1) is 11.3 Å². The van der Waals surface area contributed by atoms with Crippen LogP contribution in [-0.2, 0) is 6.42 Å². The van der Waals surface area contributed by atoms with E-state index in [1.54, 1.807) is 12.1 Å². The Labute approximate surface area is 119 Å². The lowest BCUT2D eigenvalue weighted by molar-refractivity contribution is 0.0696. The molecule has 0 aliphatic heterocycles. The van der Waals surface area contributed by atoms with E-state index in [1.165, 1.54) is 12.1 Å². The number of rotatable bonds is 5. The van der Waals surface area contributed by atoms with E-state index >= 15 is 0 Å². The normalized spacial score (nSPS) is 10.2. The molecule has 2 N–H and O–H groups in total. The van der Waals surface area contributed by atoms with Gasteiger partial charge >= 0.3 is 5.97 Å². The smallest absolute Gasteiger partial charge is 0.335 e. The number of aryl methyl sites for hydroxylation is 1. The van der Waals surface area contributed by atoms with Crippen molar-refractivity contribution in [2.75, 3.05) is 5.32 Å². The molecule has 6 nitrogen and oxygen atoms in total. The molecule has 1 aromatic heterocycles. The largest absolute Gasteiger partial charge is 0.478 e. The second-order valence-corrected chi connectivity index (χ2v) is 4.89. The summed E-state index contributed by atoms with van der Waals surface area (Å²) in [5.41, 5.74) is 1.40. The van der Waals surface area contributed by atoms with Crippen LogP contribution in [0.25, 0.3) is 0 Å². The van der Waals surface area contributed by atoms with E-state index in [-0.39, 0.29) is 11.5 Å². The molecule has 2 rings (SSSR count). The van der Waals surface area contributed by atoms with E-state index in [0.29, 0.717) is 22.7 Å². The minimum atomic E-state index is -1.00. The highest BCUT2D eigenvalue weighted by Crippen LogP contribution is 2.16. The summed E-state index contributed by atoms with van der Waals surface area (Å²) in [7, 11) is 0. The molecule has 1 aromatic carbocycles. The first-order chi connectivity index (χ1) is 9.61. The predicted molar refractivity (Wildman–Crippen MR) is 75.3 cm³/mol. The summed E-state index contributed by atoms with van der Waals surface area (Å²) >= 11 is 1.06. The van der Waals surface area contributed by atoms with Crippen LogP contribution in [0.4, 0.5) is 5.69 Å². The predicted octanol–water partition coefficient (Wildman–Crippen LogP) is 2.44. The van der Waals surface area contributed by atoms with Crippen LogP contribution in [0, 0.1) is 0 Å². The highest BCUT2D eigenvalue weighted by molar-refractivity contribution is 7.08. The number of carbonyl (C=O) groups is 2. The van der Waals surface area contributed by atoms with Gasteiger partial charge in [0, 0.05) is 5.69 Å². The second-order valence-electron chi connectivity index (χ2n) is 4.14. The van der Waals surface area contributed by atoms with Gasteiger partial charge in [-0.05, 0) is 42.2 Å². The van der Waals surface area contributed by atoms with Crippen molar-refractivity contribution in [2.45, 2.75) is 19.8 Å². The van der Waals surface area contributed by atoms with Gasteiger partial charge in [0.15, 0.2) is 0 Å². The fraction of sp³-hybridized carbons (Fsp3) is 0.231. The monoisotopic (exact) mass is 291 g/mol. The molecule has 0 aliphatic rings. The molecule has 20 heavy (non-hydrogen) atoms. The number of hydrogen-bond donors (Lipinski definition) is 2. The molecule has 0 saturated carbocycles. The average molecular weight is 291 g/mol. The second kappa shape index (κ2) is 6.25. The molecule has 0 fully saturated rings. The van der Waals surface area contributed by atoms with E-state index in [9.17, 15) is 9.59 Å². The maximum atomic E-state index is 12.1. The number of hydrogen-bond acceptors (Lipinski definition) is 5. The minimum absolute atomic E-state index is 0.175. The Morgan fingerprint density at radius 3 is 2.60 bits per heavy atom. The molecule has 0 saturated heterocycles. The molecule has 0 bridgehead atoms. The number of benzene rings is 1. The van der Waals surface area contributed by atoms with Crippen molar-refractivity contribution in [1.82, 2.24) is 9.59 Å². The van der Waals surface area contributed by atoms with Crippen molar-refractivity contribution in [2.24, 2.45) is 0 Å². The molecule has 0 radical (unpaired) electrons. The lowest BCUT2D eigenvalue weighted by atomic mass is 10.2. The minimum Gasteiger partial charge on any atom is -0.478 e. The van der Waals surface area contributed by atoms with Crippen LogP contribution in [0.5, 0.6) is 0 Å². The molecule has 1 heterocycles. The summed E-state index contributed by atoms with van der Waals surface area (Å²) in [6.45, 7) is 2.01. The molecular weight excluding hydrogens is 278 g/mol. The number of nitrogens with zero attached hydrogens (tertiary/aromatic N) is 2. The fourth-order valence-corrected chi connectivity index (χ4v) is 2.27. The number of amides is 1. The molecule has 2 aromatic rings. The van der Waals surface area contributed by atoms with Crippen molar-refractivity contribution in [1.29, 1.82) is 0 Å².